The molecule has 110 valence electrons. The van der Waals surface area contributed by atoms with Crippen LogP contribution in [0.4, 0.5) is 0 Å². The molecule has 6 nitrogen and oxygen atoms in total. The van der Waals surface area contributed by atoms with Gasteiger partial charge in [0.25, 0.3) is 0 Å². The van der Waals surface area contributed by atoms with Crippen LogP contribution in [0.25, 0.3) is 11.1 Å². The molecule has 2 rings (SSSR count). The molecule has 1 N–H and O–H groups in total. The van der Waals surface area contributed by atoms with Gasteiger partial charge in [-0.25, -0.2) is 13.2 Å². The van der Waals surface area contributed by atoms with Crippen LogP contribution in [-0.2, 0) is 16.4 Å². The average Bonchev–Trinajstić information content (AvgIpc) is 2.69. The first-order valence-corrected chi connectivity index (χ1v) is 8.40. The lowest BCUT2D eigenvalue weighted by Gasteiger charge is -2.15. The van der Waals surface area contributed by atoms with Crippen LogP contribution in [0.2, 0.25) is 0 Å². The van der Waals surface area contributed by atoms with Crippen molar-refractivity contribution in [1.29, 1.82) is 0 Å². The van der Waals surface area contributed by atoms with Gasteiger partial charge < -0.3 is 9.73 Å². The van der Waals surface area contributed by atoms with Crippen molar-refractivity contribution < 1.29 is 12.8 Å². The minimum Gasteiger partial charge on any atom is -0.408 e. The van der Waals surface area contributed by atoms with Crippen LogP contribution < -0.4 is 11.1 Å². The van der Waals surface area contributed by atoms with Gasteiger partial charge in [-0.2, -0.15) is 0 Å². The van der Waals surface area contributed by atoms with E-state index in [1.54, 1.807) is 19.2 Å². The number of nitrogens with zero attached hydrogens (tertiary/aromatic N) is 1. The molecule has 0 aliphatic rings. The first kappa shape index (κ1) is 14.8. The Balaban J connectivity index is 2.48. The highest BCUT2D eigenvalue weighted by molar-refractivity contribution is 7.90. The van der Waals surface area contributed by atoms with E-state index in [4.69, 9.17) is 4.42 Å². The first-order valence-electron chi connectivity index (χ1n) is 6.34. The summed E-state index contributed by atoms with van der Waals surface area (Å²) in [5.41, 5.74) is 1.97. The Morgan fingerprint density at radius 2 is 2.10 bits per heavy atom. The molecule has 0 aliphatic heterocycles. The number of aryl methyl sites for hydroxylation is 1. The maximum absolute atomic E-state index is 11.6. The summed E-state index contributed by atoms with van der Waals surface area (Å²) >= 11 is 0. The average molecular weight is 298 g/mol. The summed E-state index contributed by atoms with van der Waals surface area (Å²) in [6, 6.07) is 4.99. The maximum Gasteiger partial charge on any atom is 0.419 e. The third-order valence-electron chi connectivity index (χ3n) is 3.23. The highest BCUT2D eigenvalue weighted by Crippen LogP contribution is 2.21. The lowest BCUT2D eigenvalue weighted by Crippen LogP contribution is -2.24. The fourth-order valence-electron chi connectivity index (χ4n) is 2.25. The summed E-state index contributed by atoms with van der Waals surface area (Å²) in [7, 11) is -1.40. The Labute approximate surface area is 117 Å². The van der Waals surface area contributed by atoms with Crippen molar-refractivity contribution in [2.45, 2.75) is 19.5 Å². The molecule has 0 amide bonds. The van der Waals surface area contributed by atoms with E-state index < -0.39 is 15.6 Å². The molecule has 0 saturated carbocycles. The number of rotatable bonds is 5. The zero-order chi connectivity index (χ0) is 14.9. The Bertz CT molecular complexity index is 773. The SMILES string of the molecule is CCn1c(=O)oc2cc(C(CS(C)(=O)=O)NC)ccc21. The molecule has 0 aliphatic carbocycles. The highest BCUT2D eigenvalue weighted by Gasteiger charge is 2.17. The number of sulfone groups is 1. The molecule has 0 radical (unpaired) electrons. The minimum absolute atomic E-state index is 0.00623. The number of hydrogen-bond acceptors (Lipinski definition) is 5. The lowest BCUT2D eigenvalue weighted by molar-refractivity contribution is 0.512. The van der Waals surface area contributed by atoms with Crippen molar-refractivity contribution in [2.24, 2.45) is 0 Å². The number of benzene rings is 1. The summed E-state index contributed by atoms with van der Waals surface area (Å²) in [5, 5.41) is 2.97. The number of nitrogens with one attached hydrogen (secondary N) is 1. The predicted molar refractivity (Wildman–Crippen MR) is 77.7 cm³/mol. The van der Waals surface area contributed by atoms with Gasteiger partial charge in [0.1, 0.15) is 9.84 Å². The summed E-state index contributed by atoms with van der Waals surface area (Å²) < 4.78 is 29.6. The zero-order valence-corrected chi connectivity index (χ0v) is 12.5. The standard InChI is InChI=1S/C13H18N2O4S/c1-4-15-11-6-5-9(7-12(11)19-13(15)16)10(14-2)8-20(3,17)18/h5-7,10,14H,4,8H2,1-3H3. The molecule has 2 aromatic rings. The lowest BCUT2D eigenvalue weighted by atomic mass is 10.1. The number of aromatic nitrogens is 1. The van der Waals surface area contributed by atoms with Crippen molar-refractivity contribution in [2.75, 3.05) is 19.1 Å². The predicted octanol–water partition coefficient (Wildman–Crippen LogP) is 0.919. The summed E-state index contributed by atoms with van der Waals surface area (Å²) in [6.45, 7) is 2.40. The molecule has 1 heterocycles. The molecule has 1 aromatic carbocycles. The van der Waals surface area contributed by atoms with E-state index in [2.05, 4.69) is 5.32 Å². The fourth-order valence-corrected chi connectivity index (χ4v) is 3.21. The van der Waals surface area contributed by atoms with Crippen LogP contribution in [-0.4, -0.2) is 32.0 Å². The van der Waals surface area contributed by atoms with Crippen LogP contribution in [0.5, 0.6) is 0 Å². The largest absolute Gasteiger partial charge is 0.419 e. The van der Waals surface area contributed by atoms with E-state index in [-0.39, 0.29) is 11.8 Å². The van der Waals surface area contributed by atoms with Crippen LogP contribution in [0.3, 0.4) is 0 Å². The van der Waals surface area contributed by atoms with Crippen molar-refractivity contribution in [1.82, 2.24) is 9.88 Å². The van der Waals surface area contributed by atoms with E-state index in [0.717, 1.165) is 11.1 Å². The van der Waals surface area contributed by atoms with Crippen LogP contribution in [0, 0.1) is 0 Å². The second-order valence-electron chi connectivity index (χ2n) is 4.77. The molecule has 0 bridgehead atoms. The first-order chi connectivity index (χ1) is 9.35. The molecule has 0 fully saturated rings. The van der Waals surface area contributed by atoms with Gasteiger partial charge >= 0.3 is 5.76 Å². The normalized spacial score (nSPS) is 13.8. The van der Waals surface area contributed by atoms with Crippen molar-refractivity contribution in [3.63, 3.8) is 0 Å². The second-order valence-corrected chi connectivity index (χ2v) is 6.96. The molecule has 7 heteroatoms. The number of hydrogen-bond donors (Lipinski definition) is 1. The maximum atomic E-state index is 11.6. The Kier molecular flexibility index (Phi) is 4.01. The molecule has 20 heavy (non-hydrogen) atoms. The molecule has 1 unspecified atom stereocenters. The zero-order valence-electron chi connectivity index (χ0n) is 11.7. The van der Waals surface area contributed by atoms with Crippen molar-refractivity contribution >= 4 is 20.9 Å². The van der Waals surface area contributed by atoms with E-state index in [9.17, 15) is 13.2 Å². The molecule has 1 aromatic heterocycles. The monoisotopic (exact) mass is 298 g/mol. The Morgan fingerprint density at radius 3 is 2.65 bits per heavy atom. The van der Waals surface area contributed by atoms with Crippen LogP contribution in [0.15, 0.2) is 27.4 Å². The molecule has 1 atom stereocenters. The molecular weight excluding hydrogens is 280 g/mol. The summed E-state index contributed by atoms with van der Waals surface area (Å²) in [5.74, 6) is -0.406. The molecule has 0 saturated heterocycles. The van der Waals surface area contributed by atoms with E-state index in [1.807, 2.05) is 13.0 Å². The third kappa shape index (κ3) is 2.94. The van der Waals surface area contributed by atoms with Gasteiger partial charge in [-0.15, -0.1) is 0 Å². The number of oxazole rings is 1. The van der Waals surface area contributed by atoms with Crippen molar-refractivity contribution in [3.05, 3.63) is 34.3 Å². The molecular formula is C13H18N2O4S. The summed E-state index contributed by atoms with van der Waals surface area (Å²) in [4.78, 5) is 11.6. The van der Waals surface area contributed by atoms with Gasteiger partial charge in [0.05, 0.1) is 11.3 Å². The Morgan fingerprint density at radius 1 is 1.40 bits per heavy atom. The second kappa shape index (κ2) is 5.41. The third-order valence-corrected chi connectivity index (χ3v) is 4.17. The van der Waals surface area contributed by atoms with Gasteiger partial charge in [-0.1, -0.05) is 6.07 Å². The van der Waals surface area contributed by atoms with Crippen molar-refractivity contribution in [3.8, 4) is 0 Å². The van der Waals surface area contributed by atoms with Gasteiger partial charge in [0.15, 0.2) is 5.58 Å². The van der Waals surface area contributed by atoms with Gasteiger partial charge in [-0.05, 0) is 31.7 Å². The molecule has 0 spiro atoms. The quantitative estimate of drug-likeness (QED) is 0.887. The smallest absolute Gasteiger partial charge is 0.408 e. The van der Waals surface area contributed by atoms with Crippen LogP contribution >= 0.6 is 0 Å². The topological polar surface area (TPSA) is 81.3 Å². The highest BCUT2D eigenvalue weighted by atomic mass is 32.2. The summed E-state index contributed by atoms with van der Waals surface area (Å²) in [6.07, 6.45) is 1.20. The number of fused-ring (bicyclic) bond motifs is 1. The van der Waals surface area contributed by atoms with E-state index >= 15 is 0 Å². The van der Waals surface area contributed by atoms with Crippen LogP contribution in [0.1, 0.15) is 18.5 Å². The van der Waals surface area contributed by atoms with Gasteiger partial charge in [0.2, 0.25) is 0 Å². The Hall–Kier alpha value is -1.60. The minimum atomic E-state index is -3.10. The van der Waals surface area contributed by atoms with E-state index in [0.29, 0.717) is 12.1 Å². The van der Waals surface area contributed by atoms with Gasteiger partial charge in [-0.3, -0.25) is 4.57 Å². The fraction of sp³-hybridized carbons (Fsp3) is 0.462. The van der Waals surface area contributed by atoms with E-state index in [1.165, 1.54) is 10.8 Å². The van der Waals surface area contributed by atoms with Gasteiger partial charge in [0, 0.05) is 18.8 Å².